The van der Waals surface area contributed by atoms with E-state index in [0.717, 1.165) is 0 Å². The van der Waals surface area contributed by atoms with Crippen molar-refractivity contribution in [2.24, 2.45) is 0 Å². The van der Waals surface area contributed by atoms with Crippen LogP contribution in [0.25, 0.3) is 0 Å². The summed E-state index contributed by atoms with van der Waals surface area (Å²) >= 11 is -0.210. The number of rotatable bonds is 4. The Labute approximate surface area is 129 Å². The SMILES string of the molecule is CC(NC(=O)c1ccc(SC(F)(F)F)cc1)c1ccccn1. The Bertz CT molecular complexity index is 629. The maximum absolute atomic E-state index is 12.2. The summed E-state index contributed by atoms with van der Waals surface area (Å²) in [5.41, 5.74) is -3.33. The van der Waals surface area contributed by atoms with Crippen molar-refractivity contribution in [3.63, 3.8) is 0 Å². The van der Waals surface area contributed by atoms with E-state index in [4.69, 9.17) is 0 Å². The highest BCUT2D eigenvalue weighted by Gasteiger charge is 2.29. The first-order valence-corrected chi connectivity index (χ1v) is 7.24. The molecule has 1 heterocycles. The highest BCUT2D eigenvalue weighted by molar-refractivity contribution is 8.00. The van der Waals surface area contributed by atoms with Gasteiger partial charge in [0.25, 0.3) is 5.91 Å². The molecule has 3 nitrogen and oxygen atoms in total. The minimum absolute atomic E-state index is 0.0434. The molecule has 1 N–H and O–H groups in total. The molecule has 2 aromatic rings. The van der Waals surface area contributed by atoms with Crippen LogP contribution < -0.4 is 5.32 Å². The summed E-state index contributed by atoms with van der Waals surface area (Å²) in [6.45, 7) is 1.79. The average molecular weight is 326 g/mol. The second kappa shape index (κ2) is 6.83. The van der Waals surface area contributed by atoms with Gasteiger partial charge in [0.05, 0.1) is 11.7 Å². The average Bonchev–Trinajstić information content (AvgIpc) is 2.47. The van der Waals surface area contributed by atoms with Gasteiger partial charge in [0.1, 0.15) is 0 Å². The second-order valence-electron chi connectivity index (χ2n) is 4.52. The topological polar surface area (TPSA) is 42.0 Å². The highest BCUT2D eigenvalue weighted by atomic mass is 32.2. The van der Waals surface area contributed by atoms with Crippen molar-refractivity contribution in [3.8, 4) is 0 Å². The van der Waals surface area contributed by atoms with Crippen molar-refractivity contribution < 1.29 is 18.0 Å². The first-order chi connectivity index (χ1) is 10.3. The normalized spacial score (nSPS) is 12.7. The molecule has 7 heteroatoms. The molecule has 22 heavy (non-hydrogen) atoms. The van der Waals surface area contributed by atoms with Crippen LogP contribution in [0.2, 0.25) is 0 Å². The van der Waals surface area contributed by atoms with Crippen molar-refractivity contribution >= 4 is 17.7 Å². The molecule has 0 saturated carbocycles. The molecular formula is C15H13F3N2OS. The number of carbonyl (C=O) groups excluding carboxylic acids is 1. The predicted molar refractivity (Wildman–Crippen MR) is 78.5 cm³/mol. The molecule has 1 unspecified atom stereocenters. The van der Waals surface area contributed by atoms with Gasteiger partial charge in [-0.2, -0.15) is 13.2 Å². The Morgan fingerprint density at radius 3 is 2.41 bits per heavy atom. The number of amides is 1. The summed E-state index contributed by atoms with van der Waals surface area (Å²) in [5, 5.41) is 2.75. The first kappa shape index (κ1) is 16.4. The van der Waals surface area contributed by atoms with Gasteiger partial charge in [0, 0.05) is 16.7 Å². The maximum atomic E-state index is 12.2. The van der Waals surface area contributed by atoms with Crippen LogP contribution in [0.3, 0.4) is 0 Å². The van der Waals surface area contributed by atoms with Gasteiger partial charge in [-0.15, -0.1) is 0 Å². The Morgan fingerprint density at radius 2 is 1.86 bits per heavy atom. The van der Waals surface area contributed by atoms with Crippen LogP contribution in [0.1, 0.15) is 29.0 Å². The molecule has 2 rings (SSSR count). The van der Waals surface area contributed by atoms with Crippen LogP contribution >= 0.6 is 11.8 Å². The summed E-state index contributed by atoms with van der Waals surface area (Å²) in [4.78, 5) is 16.2. The van der Waals surface area contributed by atoms with E-state index in [1.165, 1.54) is 24.3 Å². The number of nitrogens with one attached hydrogen (secondary N) is 1. The number of pyridine rings is 1. The fourth-order valence-electron chi connectivity index (χ4n) is 1.79. The largest absolute Gasteiger partial charge is 0.446 e. The van der Waals surface area contributed by atoms with E-state index in [1.54, 1.807) is 25.3 Å². The zero-order valence-corrected chi connectivity index (χ0v) is 12.4. The number of thioether (sulfide) groups is 1. The van der Waals surface area contributed by atoms with Crippen molar-refractivity contribution in [1.82, 2.24) is 10.3 Å². The zero-order valence-electron chi connectivity index (χ0n) is 11.6. The Balaban J connectivity index is 2.01. The van der Waals surface area contributed by atoms with E-state index in [2.05, 4.69) is 10.3 Å². The number of nitrogens with zero attached hydrogens (tertiary/aromatic N) is 1. The third-order valence-electron chi connectivity index (χ3n) is 2.83. The molecule has 116 valence electrons. The molecular weight excluding hydrogens is 313 g/mol. The number of hydrogen-bond acceptors (Lipinski definition) is 3. The van der Waals surface area contributed by atoms with Crippen LogP contribution in [-0.4, -0.2) is 16.4 Å². The monoisotopic (exact) mass is 326 g/mol. The quantitative estimate of drug-likeness (QED) is 0.857. The van der Waals surface area contributed by atoms with E-state index in [9.17, 15) is 18.0 Å². The fourth-order valence-corrected chi connectivity index (χ4v) is 2.33. The minimum atomic E-state index is -4.34. The molecule has 0 fully saturated rings. The molecule has 0 bridgehead atoms. The van der Waals surface area contributed by atoms with Gasteiger partial charge in [-0.05, 0) is 55.1 Å². The van der Waals surface area contributed by atoms with Crippen LogP contribution in [-0.2, 0) is 0 Å². The van der Waals surface area contributed by atoms with Crippen LogP contribution in [0.15, 0.2) is 53.6 Å². The van der Waals surface area contributed by atoms with Gasteiger partial charge in [0.2, 0.25) is 0 Å². The van der Waals surface area contributed by atoms with E-state index in [1.807, 2.05) is 6.07 Å². The lowest BCUT2D eigenvalue weighted by atomic mass is 10.1. The molecule has 1 aromatic carbocycles. The summed E-state index contributed by atoms with van der Waals surface area (Å²) in [6.07, 6.45) is 1.63. The molecule has 0 saturated heterocycles. The molecule has 0 spiro atoms. The predicted octanol–water partition coefficient (Wildman–Crippen LogP) is 4.18. The lowest BCUT2D eigenvalue weighted by molar-refractivity contribution is -0.0328. The smallest absolute Gasteiger partial charge is 0.344 e. The molecule has 0 aliphatic carbocycles. The van der Waals surface area contributed by atoms with Gasteiger partial charge in [-0.3, -0.25) is 9.78 Å². The second-order valence-corrected chi connectivity index (χ2v) is 5.66. The van der Waals surface area contributed by atoms with Crippen LogP contribution in [0, 0.1) is 0 Å². The Morgan fingerprint density at radius 1 is 1.18 bits per heavy atom. The maximum Gasteiger partial charge on any atom is 0.446 e. The molecule has 0 aliphatic heterocycles. The molecule has 0 aliphatic rings. The fraction of sp³-hybridized carbons (Fsp3) is 0.200. The van der Waals surface area contributed by atoms with E-state index >= 15 is 0 Å². The molecule has 0 radical (unpaired) electrons. The van der Waals surface area contributed by atoms with Crippen molar-refractivity contribution in [2.75, 3.05) is 0 Å². The third kappa shape index (κ3) is 4.77. The summed E-state index contributed by atoms with van der Waals surface area (Å²) in [7, 11) is 0. The van der Waals surface area contributed by atoms with Gasteiger partial charge in [0.15, 0.2) is 0 Å². The number of benzene rings is 1. The summed E-state index contributed by atoms with van der Waals surface area (Å²) in [5.74, 6) is -0.360. The van der Waals surface area contributed by atoms with E-state index < -0.39 is 5.51 Å². The number of alkyl halides is 3. The van der Waals surface area contributed by atoms with Crippen molar-refractivity contribution in [3.05, 3.63) is 59.9 Å². The van der Waals surface area contributed by atoms with Gasteiger partial charge in [-0.25, -0.2) is 0 Å². The summed E-state index contributed by atoms with van der Waals surface area (Å²) < 4.78 is 36.7. The van der Waals surface area contributed by atoms with E-state index in [0.29, 0.717) is 11.3 Å². The lowest BCUT2D eigenvalue weighted by Crippen LogP contribution is -2.27. The number of aromatic nitrogens is 1. The number of carbonyl (C=O) groups is 1. The van der Waals surface area contributed by atoms with Crippen molar-refractivity contribution in [1.29, 1.82) is 0 Å². The number of hydrogen-bond donors (Lipinski definition) is 1. The Hall–Kier alpha value is -2.02. The molecule has 1 atom stereocenters. The minimum Gasteiger partial charge on any atom is -0.344 e. The van der Waals surface area contributed by atoms with Crippen LogP contribution in [0.4, 0.5) is 13.2 Å². The summed E-state index contributed by atoms with van der Waals surface area (Å²) in [6, 6.07) is 10.4. The zero-order chi connectivity index (χ0) is 16.2. The molecule has 1 aromatic heterocycles. The first-order valence-electron chi connectivity index (χ1n) is 6.43. The third-order valence-corrected chi connectivity index (χ3v) is 3.57. The van der Waals surface area contributed by atoms with Crippen molar-refractivity contribution in [2.45, 2.75) is 23.4 Å². The number of halogens is 3. The molecule has 1 amide bonds. The van der Waals surface area contributed by atoms with Crippen LogP contribution in [0.5, 0.6) is 0 Å². The van der Waals surface area contributed by atoms with Gasteiger partial charge in [-0.1, -0.05) is 6.07 Å². The van der Waals surface area contributed by atoms with Gasteiger partial charge < -0.3 is 5.32 Å². The standard InChI is InChI=1S/C15H13F3N2OS/c1-10(13-4-2-3-9-19-13)20-14(21)11-5-7-12(8-6-11)22-15(16,17)18/h2-10H,1H3,(H,20,21). The lowest BCUT2D eigenvalue weighted by Gasteiger charge is -2.13. The van der Waals surface area contributed by atoms with Gasteiger partial charge >= 0.3 is 5.51 Å². The van der Waals surface area contributed by atoms with E-state index in [-0.39, 0.29) is 28.6 Å². The highest BCUT2D eigenvalue weighted by Crippen LogP contribution is 2.36. The Kier molecular flexibility index (Phi) is 5.07.